The van der Waals surface area contributed by atoms with E-state index in [1.54, 1.807) is 6.92 Å². The molecule has 7 heteroatoms. The minimum absolute atomic E-state index is 0.0383. The van der Waals surface area contributed by atoms with E-state index in [0.717, 1.165) is 31.9 Å². The van der Waals surface area contributed by atoms with Gasteiger partial charge >= 0.3 is 5.97 Å². The van der Waals surface area contributed by atoms with Crippen molar-refractivity contribution in [2.45, 2.75) is 25.4 Å². The SMILES string of the molecule is CC1=C(C(=O)N2CCN(c3ccc(Cl)cc3)CC2)C2(CCN(C)CC2)OC1=O. The van der Waals surface area contributed by atoms with Crippen molar-refractivity contribution < 1.29 is 14.3 Å². The zero-order valence-corrected chi connectivity index (χ0v) is 17.2. The van der Waals surface area contributed by atoms with Crippen LogP contribution in [-0.2, 0) is 14.3 Å². The summed E-state index contributed by atoms with van der Waals surface area (Å²) in [6.45, 7) is 6.13. The van der Waals surface area contributed by atoms with Gasteiger partial charge in [0.1, 0.15) is 5.60 Å². The van der Waals surface area contributed by atoms with Gasteiger partial charge in [0, 0.05) is 68.4 Å². The molecule has 150 valence electrons. The van der Waals surface area contributed by atoms with Crippen LogP contribution in [0.5, 0.6) is 0 Å². The van der Waals surface area contributed by atoms with E-state index in [0.29, 0.717) is 42.1 Å². The highest BCUT2D eigenvalue weighted by Crippen LogP contribution is 2.41. The number of amides is 1. The number of carbonyl (C=O) groups is 2. The van der Waals surface area contributed by atoms with Crippen molar-refractivity contribution in [3.63, 3.8) is 0 Å². The number of halogens is 1. The van der Waals surface area contributed by atoms with Crippen LogP contribution >= 0.6 is 11.6 Å². The van der Waals surface area contributed by atoms with Gasteiger partial charge in [-0.05, 0) is 38.2 Å². The molecule has 28 heavy (non-hydrogen) atoms. The Kier molecular flexibility index (Phi) is 5.10. The van der Waals surface area contributed by atoms with Crippen molar-refractivity contribution in [2.24, 2.45) is 0 Å². The van der Waals surface area contributed by atoms with Gasteiger partial charge in [-0.1, -0.05) is 11.6 Å². The molecule has 1 spiro atoms. The fraction of sp³-hybridized carbons (Fsp3) is 0.524. The van der Waals surface area contributed by atoms with Crippen LogP contribution in [0.25, 0.3) is 0 Å². The first-order valence-corrected chi connectivity index (χ1v) is 10.2. The van der Waals surface area contributed by atoms with Gasteiger partial charge in [0.25, 0.3) is 5.91 Å². The Morgan fingerprint density at radius 2 is 1.64 bits per heavy atom. The summed E-state index contributed by atoms with van der Waals surface area (Å²) < 4.78 is 5.77. The van der Waals surface area contributed by atoms with Crippen LogP contribution in [0.15, 0.2) is 35.4 Å². The number of anilines is 1. The molecule has 3 aliphatic heterocycles. The first-order valence-electron chi connectivity index (χ1n) is 9.83. The number of carbonyl (C=O) groups excluding carboxylic acids is 2. The molecule has 2 saturated heterocycles. The van der Waals surface area contributed by atoms with Crippen molar-refractivity contribution in [3.05, 3.63) is 40.4 Å². The number of likely N-dealkylation sites (tertiary alicyclic amines) is 1. The summed E-state index contributed by atoms with van der Waals surface area (Å²) in [5, 5.41) is 0.717. The summed E-state index contributed by atoms with van der Waals surface area (Å²) >= 11 is 5.97. The molecule has 3 heterocycles. The lowest BCUT2D eigenvalue weighted by Gasteiger charge is -2.41. The topological polar surface area (TPSA) is 53.1 Å². The lowest BCUT2D eigenvalue weighted by Crippen LogP contribution is -2.53. The fourth-order valence-corrected chi connectivity index (χ4v) is 4.54. The number of nitrogens with zero attached hydrogens (tertiary/aromatic N) is 3. The Hall–Kier alpha value is -2.05. The van der Waals surface area contributed by atoms with Crippen LogP contribution in [0.1, 0.15) is 19.8 Å². The van der Waals surface area contributed by atoms with E-state index in [4.69, 9.17) is 16.3 Å². The Morgan fingerprint density at radius 1 is 1.04 bits per heavy atom. The molecule has 0 unspecified atom stereocenters. The number of esters is 1. The third-order valence-electron chi connectivity index (χ3n) is 6.19. The van der Waals surface area contributed by atoms with Crippen LogP contribution in [0.3, 0.4) is 0 Å². The molecular formula is C21H26ClN3O3. The highest BCUT2D eigenvalue weighted by atomic mass is 35.5. The lowest BCUT2D eigenvalue weighted by molar-refractivity contribution is -0.151. The van der Waals surface area contributed by atoms with Gasteiger partial charge in [-0.25, -0.2) is 4.79 Å². The van der Waals surface area contributed by atoms with Gasteiger partial charge < -0.3 is 19.4 Å². The molecule has 6 nitrogen and oxygen atoms in total. The summed E-state index contributed by atoms with van der Waals surface area (Å²) in [5.74, 6) is -0.378. The van der Waals surface area contributed by atoms with Crippen LogP contribution in [-0.4, -0.2) is 73.6 Å². The van der Waals surface area contributed by atoms with Crippen LogP contribution in [0.4, 0.5) is 5.69 Å². The average molecular weight is 404 g/mol. The smallest absolute Gasteiger partial charge is 0.335 e. The number of piperidine rings is 1. The molecule has 3 aliphatic rings. The van der Waals surface area contributed by atoms with E-state index in [9.17, 15) is 9.59 Å². The second-order valence-corrected chi connectivity index (χ2v) is 8.38. The molecule has 4 rings (SSSR count). The zero-order chi connectivity index (χ0) is 19.9. The second kappa shape index (κ2) is 7.41. The first-order chi connectivity index (χ1) is 13.4. The normalized spacial score (nSPS) is 22.8. The van der Waals surface area contributed by atoms with E-state index in [-0.39, 0.29) is 11.9 Å². The molecule has 0 aromatic heterocycles. The van der Waals surface area contributed by atoms with Crippen molar-refractivity contribution in [1.29, 1.82) is 0 Å². The summed E-state index contributed by atoms with van der Waals surface area (Å²) in [6.07, 6.45) is 1.36. The van der Waals surface area contributed by atoms with Crippen molar-refractivity contribution >= 4 is 29.2 Å². The van der Waals surface area contributed by atoms with Gasteiger partial charge in [-0.3, -0.25) is 4.79 Å². The molecule has 0 radical (unpaired) electrons. The molecule has 0 aliphatic carbocycles. The lowest BCUT2D eigenvalue weighted by atomic mass is 9.82. The van der Waals surface area contributed by atoms with E-state index < -0.39 is 5.60 Å². The van der Waals surface area contributed by atoms with Crippen LogP contribution < -0.4 is 4.90 Å². The summed E-state index contributed by atoms with van der Waals surface area (Å²) in [6, 6.07) is 7.77. The van der Waals surface area contributed by atoms with Crippen LogP contribution in [0, 0.1) is 0 Å². The number of hydrogen-bond acceptors (Lipinski definition) is 5. The third kappa shape index (κ3) is 3.40. The molecule has 0 atom stereocenters. The van der Waals surface area contributed by atoms with E-state index in [1.807, 2.05) is 29.2 Å². The second-order valence-electron chi connectivity index (χ2n) is 7.94. The number of ether oxygens (including phenoxy) is 1. The molecule has 0 N–H and O–H groups in total. The highest BCUT2D eigenvalue weighted by molar-refractivity contribution is 6.30. The van der Waals surface area contributed by atoms with E-state index in [2.05, 4.69) is 16.8 Å². The van der Waals surface area contributed by atoms with Crippen LogP contribution in [0.2, 0.25) is 5.02 Å². The number of rotatable bonds is 2. The van der Waals surface area contributed by atoms with E-state index in [1.165, 1.54) is 0 Å². The average Bonchev–Trinajstić information content (AvgIpc) is 2.94. The Labute approximate surface area is 170 Å². The third-order valence-corrected chi connectivity index (χ3v) is 6.44. The van der Waals surface area contributed by atoms with Crippen molar-refractivity contribution in [3.8, 4) is 0 Å². The maximum atomic E-state index is 13.4. The molecule has 1 aromatic carbocycles. The summed E-state index contributed by atoms with van der Waals surface area (Å²) in [4.78, 5) is 32.0. The Morgan fingerprint density at radius 3 is 2.25 bits per heavy atom. The number of hydrogen-bond donors (Lipinski definition) is 0. The predicted molar refractivity (Wildman–Crippen MR) is 108 cm³/mol. The minimum Gasteiger partial charge on any atom is -0.450 e. The Balaban J connectivity index is 1.48. The van der Waals surface area contributed by atoms with Gasteiger partial charge in [0.05, 0.1) is 5.57 Å². The number of piperazine rings is 1. The Bertz CT molecular complexity index is 805. The zero-order valence-electron chi connectivity index (χ0n) is 16.4. The molecule has 1 amide bonds. The summed E-state index contributed by atoms with van der Waals surface area (Å²) in [7, 11) is 2.05. The maximum absolute atomic E-state index is 13.4. The van der Waals surface area contributed by atoms with Crippen molar-refractivity contribution in [2.75, 3.05) is 51.2 Å². The van der Waals surface area contributed by atoms with Crippen molar-refractivity contribution in [1.82, 2.24) is 9.80 Å². The minimum atomic E-state index is -0.738. The van der Waals surface area contributed by atoms with Gasteiger partial charge in [-0.2, -0.15) is 0 Å². The fourth-order valence-electron chi connectivity index (χ4n) is 4.41. The molecule has 0 saturated carbocycles. The predicted octanol–water partition coefficient (Wildman–Crippen LogP) is 2.33. The monoisotopic (exact) mass is 403 g/mol. The maximum Gasteiger partial charge on any atom is 0.335 e. The van der Waals surface area contributed by atoms with Gasteiger partial charge in [-0.15, -0.1) is 0 Å². The molecule has 1 aromatic rings. The molecule has 2 fully saturated rings. The molecular weight excluding hydrogens is 378 g/mol. The number of benzene rings is 1. The quantitative estimate of drug-likeness (QED) is 0.709. The summed E-state index contributed by atoms with van der Waals surface area (Å²) in [5.41, 5.74) is 1.44. The van der Waals surface area contributed by atoms with Gasteiger partial charge in [0.15, 0.2) is 0 Å². The largest absolute Gasteiger partial charge is 0.450 e. The van der Waals surface area contributed by atoms with E-state index >= 15 is 0 Å². The van der Waals surface area contributed by atoms with Gasteiger partial charge in [0.2, 0.25) is 0 Å². The standard InChI is InChI=1S/C21H26ClN3O3/c1-15-18(21(28-20(15)27)7-9-23(2)10-8-21)19(26)25-13-11-24(12-14-25)17-5-3-16(22)4-6-17/h3-6H,7-14H2,1-2H3. The molecule has 0 bridgehead atoms. The first kappa shape index (κ1) is 19.3. The highest BCUT2D eigenvalue weighted by Gasteiger charge is 2.51.